The molecule has 2 aromatic rings. The lowest BCUT2D eigenvalue weighted by Gasteiger charge is -2.30. The second-order valence-electron chi connectivity index (χ2n) is 6.70. The second kappa shape index (κ2) is 11.1. The van der Waals surface area contributed by atoms with Crippen molar-refractivity contribution in [2.45, 2.75) is 19.9 Å². The summed E-state index contributed by atoms with van der Waals surface area (Å²) >= 11 is 6.58. The maximum Gasteiger partial charge on any atom is 0.353 e. The normalized spacial score (nSPS) is 15.6. The molecule has 10 heteroatoms. The van der Waals surface area contributed by atoms with Gasteiger partial charge in [-0.25, -0.2) is 9.59 Å². The smallest absolute Gasteiger partial charge is 0.353 e. The minimum atomic E-state index is -0.569. The molecule has 8 nitrogen and oxygen atoms in total. The number of hydrogen-bond donors (Lipinski definition) is 2. The lowest BCUT2D eigenvalue weighted by Crippen LogP contribution is -2.45. The number of thiocarbonyl (C=S) groups is 1. The zero-order chi connectivity index (χ0) is 23.1. The van der Waals surface area contributed by atoms with E-state index < -0.39 is 18.0 Å². The highest BCUT2D eigenvalue weighted by Crippen LogP contribution is 2.35. The monoisotopic (exact) mass is 476 g/mol. The molecule has 1 aromatic heterocycles. The number of nitrogens with one attached hydrogen (secondary N) is 2. The summed E-state index contributed by atoms with van der Waals surface area (Å²) in [7, 11) is 1.53. The Balaban J connectivity index is 1.91. The maximum atomic E-state index is 12.8. The summed E-state index contributed by atoms with van der Waals surface area (Å²) in [5, 5.41) is 8.25. The second-order valence-corrected chi connectivity index (χ2v) is 8.06. The molecule has 0 unspecified atom stereocenters. The Labute approximate surface area is 195 Å². The highest BCUT2D eigenvalue weighted by atomic mass is 32.1. The predicted molar refractivity (Wildman–Crippen MR) is 124 cm³/mol. The van der Waals surface area contributed by atoms with Crippen molar-refractivity contribution in [2.75, 3.05) is 26.9 Å². The molecule has 1 aliphatic rings. The van der Waals surface area contributed by atoms with E-state index in [1.54, 1.807) is 42.6 Å². The Morgan fingerprint density at radius 2 is 1.97 bits per heavy atom. The van der Waals surface area contributed by atoms with E-state index in [4.69, 9.17) is 31.2 Å². The summed E-state index contributed by atoms with van der Waals surface area (Å²) < 4.78 is 21.5. The first kappa shape index (κ1) is 23.7. The predicted octanol–water partition coefficient (Wildman–Crippen LogP) is 3.35. The van der Waals surface area contributed by atoms with Crippen LogP contribution in [0.25, 0.3) is 0 Å². The van der Waals surface area contributed by atoms with Crippen LogP contribution in [0.1, 0.15) is 35.1 Å². The average Bonchev–Trinajstić information content (AvgIpc) is 3.30. The third-order valence-corrected chi connectivity index (χ3v) is 5.61. The summed E-state index contributed by atoms with van der Waals surface area (Å²) in [6.07, 6.45) is 0. The van der Waals surface area contributed by atoms with Crippen molar-refractivity contribution >= 4 is 40.6 Å². The van der Waals surface area contributed by atoms with Gasteiger partial charge >= 0.3 is 11.9 Å². The van der Waals surface area contributed by atoms with Crippen LogP contribution in [0.15, 0.2) is 47.0 Å². The molecule has 0 amide bonds. The number of thiophene rings is 1. The third kappa shape index (κ3) is 5.64. The zero-order valence-electron chi connectivity index (χ0n) is 17.9. The van der Waals surface area contributed by atoms with Crippen molar-refractivity contribution < 1.29 is 28.5 Å². The summed E-state index contributed by atoms with van der Waals surface area (Å²) in [6, 6.07) is 8.02. The molecule has 0 radical (unpaired) electrons. The number of benzene rings is 1. The summed E-state index contributed by atoms with van der Waals surface area (Å²) in [4.78, 5) is 25.6. The van der Waals surface area contributed by atoms with Crippen LogP contribution in [0.2, 0.25) is 0 Å². The van der Waals surface area contributed by atoms with Gasteiger partial charge in [-0.15, -0.1) is 11.3 Å². The first-order valence-electron chi connectivity index (χ1n) is 9.91. The molecule has 2 N–H and O–H groups in total. The number of rotatable bonds is 9. The number of esters is 2. The fourth-order valence-corrected chi connectivity index (χ4v) is 3.98. The van der Waals surface area contributed by atoms with E-state index >= 15 is 0 Å². The van der Waals surface area contributed by atoms with Crippen LogP contribution in [0.4, 0.5) is 0 Å². The number of allylic oxidation sites excluding steroid dienone is 1. The van der Waals surface area contributed by atoms with Gasteiger partial charge in [0.25, 0.3) is 0 Å². The van der Waals surface area contributed by atoms with Crippen molar-refractivity contribution in [2.24, 2.45) is 0 Å². The van der Waals surface area contributed by atoms with E-state index in [-0.39, 0.29) is 12.4 Å². The lowest BCUT2D eigenvalue weighted by atomic mass is 9.95. The van der Waals surface area contributed by atoms with Crippen LogP contribution in [0.3, 0.4) is 0 Å². The van der Waals surface area contributed by atoms with Gasteiger partial charge in [-0.05, 0) is 55.2 Å². The van der Waals surface area contributed by atoms with E-state index in [9.17, 15) is 9.59 Å². The molecular weight excluding hydrogens is 452 g/mol. The number of hydrogen-bond acceptors (Lipinski definition) is 8. The molecule has 1 aliphatic heterocycles. The first-order valence-corrected chi connectivity index (χ1v) is 11.2. The third-order valence-electron chi connectivity index (χ3n) is 4.54. The van der Waals surface area contributed by atoms with E-state index in [0.717, 1.165) is 0 Å². The Morgan fingerprint density at radius 3 is 2.66 bits per heavy atom. The van der Waals surface area contributed by atoms with Crippen LogP contribution in [0.5, 0.6) is 11.5 Å². The molecule has 0 fully saturated rings. The van der Waals surface area contributed by atoms with Gasteiger partial charge in [-0.1, -0.05) is 12.1 Å². The van der Waals surface area contributed by atoms with Gasteiger partial charge in [0, 0.05) is 12.8 Å². The first-order chi connectivity index (χ1) is 15.4. The van der Waals surface area contributed by atoms with Gasteiger partial charge in [0.15, 0.2) is 16.6 Å². The van der Waals surface area contributed by atoms with Crippen LogP contribution >= 0.6 is 23.6 Å². The Morgan fingerprint density at radius 1 is 1.16 bits per heavy atom. The Bertz CT molecular complexity index is 1020. The molecule has 0 bridgehead atoms. The molecule has 3 rings (SSSR count). The fourth-order valence-electron chi connectivity index (χ4n) is 3.11. The topological polar surface area (TPSA) is 95.1 Å². The van der Waals surface area contributed by atoms with Gasteiger partial charge in [-0.3, -0.25) is 0 Å². The van der Waals surface area contributed by atoms with Crippen LogP contribution in [0, 0.1) is 0 Å². The number of methoxy groups -OCH3 is 1. The molecule has 170 valence electrons. The number of carbonyl (C=O) groups excluding carboxylic acids is 2. The Kier molecular flexibility index (Phi) is 8.20. The van der Waals surface area contributed by atoms with Crippen molar-refractivity contribution in [1.82, 2.24) is 10.6 Å². The number of ether oxygens (including phenoxy) is 4. The van der Waals surface area contributed by atoms with Gasteiger partial charge in [0.1, 0.15) is 11.5 Å². The highest BCUT2D eigenvalue weighted by molar-refractivity contribution is 7.80. The largest absolute Gasteiger partial charge is 0.490 e. The SMILES string of the molecule is CCOc1cc([C@H]2NC(=S)NC(C)=C2C(=O)OCCOC)ccc1OC(=O)c1cccs1. The van der Waals surface area contributed by atoms with Crippen molar-refractivity contribution in [3.63, 3.8) is 0 Å². The van der Waals surface area contributed by atoms with E-state index in [2.05, 4.69) is 10.6 Å². The lowest BCUT2D eigenvalue weighted by molar-refractivity contribution is -0.140. The van der Waals surface area contributed by atoms with Gasteiger partial charge < -0.3 is 29.6 Å². The van der Waals surface area contributed by atoms with Gasteiger partial charge in [0.05, 0.1) is 24.8 Å². The fraction of sp³-hybridized carbons (Fsp3) is 0.318. The summed E-state index contributed by atoms with van der Waals surface area (Å²) in [5.74, 6) is -0.285. The minimum absolute atomic E-state index is 0.130. The quantitative estimate of drug-likeness (QED) is 0.244. The van der Waals surface area contributed by atoms with Crippen LogP contribution < -0.4 is 20.1 Å². The number of carbonyl (C=O) groups is 2. The standard InChI is InChI=1S/C22H24N2O6S2/c1-4-28-16-12-14(7-8-15(16)30-20(25)17-6-5-11-32-17)19-18(13(2)23-22(31)24-19)21(26)29-10-9-27-3/h5-8,11-12,19H,4,9-10H2,1-3H3,(H2,23,24,31)/t19-/m1/s1. The molecule has 2 heterocycles. The molecule has 0 aliphatic carbocycles. The van der Waals surface area contributed by atoms with E-state index in [1.165, 1.54) is 18.4 Å². The molecular formula is C22H24N2O6S2. The van der Waals surface area contributed by atoms with Crippen LogP contribution in [-0.4, -0.2) is 44.0 Å². The molecule has 0 saturated carbocycles. The van der Waals surface area contributed by atoms with Gasteiger partial charge in [-0.2, -0.15) is 0 Å². The van der Waals surface area contributed by atoms with E-state index in [1.807, 2.05) is 6.92 Å². The highest BCUT2D eigenvalue weighted by Gasteiger charge is 2.31. The van der Waals surface area contributed by atoms with Crippen molar-refractivity contribution in [3.05, 3.63) is 57.4 Å². The summed E-state index contributed by atoms with van der Waals surface area (Å²) in [5.41, 5.74) is 1.68. The van der Waals surface area contributed by atoms with Crippen molar-refractivity contribution in [3.8, 4) is 11.5 Å². The maximum absolute atomic E-state index is 12.8. The molecule has 0 spiro atoms. The minimum Gasteiger partial charge on any atom is -0.490 e. The molecule has 1 aromatic carbocycles. The van der Waals surface area contributed by atoms with Crippen molar-refractivity contribution in [1.29, 1.82) is 0 Å². The van der Waals surface area contributed by atoms with E-state index in [0.29, 0.717) is 45.8 Å². The molecule has 32 heavy (non-hydrogen) atoms. The molecule has 0 saturated heterocycles. The average molecular weight is 477 g/mol. The Hall–Kier alpha value is -2.95. The molecule has 1 atom stereocenters. The summed E-state index contributed by atoms with van der Waals surface area (Å²) in [6.45, 7) is 4.38. The van der Waals surface area contributed by atoms with Crippen LogP contribution in [-0.2, 0) is 14.3 Å². The van der Waals surface area contributed by atoms with Gasteiger partial charge in [0.2, 0.25) is 0 Å². The zero-order valence-corrected chi connectivity index (χ0v) is 19.6.